The Morgan fingerprint density at radius 2 is 1.54 bits per heavy atom. The van der Waals surface area contributed by atoms with E-state index in [9.17, 15) is 4.79 Å². The third kappa shape index (κ3) is 6.31. The van der Waals surface area contributed by atoms with Crippen LogP contribution in [0.5, 0.6) is 0 Å². The summed E-state index contributed by atoms with van der Waals surface area (Å²) in [4.78, 5) is 17.5. The fourth-order valence-electron chi connectivity index (χ4n) is 1.92. The summed E-state index contributed by atoms with van der Waals surface area (Å²) < 4.78 is 4.55. The van der Waals surface area contributed by atoms with Gasteiger partial charge in [-0.05, 0) is 23.8 Å². The van der Waals surface area contributed by atoms with Crippen molar-refractivity contribution in [2.45, 2.75) is 19.7 Å². The van der Waals surface area contributed by atoms with E-state index in [1.165, 1.54) is 7.11 Å². The van der Waals surface area contributed by atoms with Crippen molar-refractivity contribution in [3.63, 3.8) is 0 Å². The van der Waals surface area contributed by atoms with Crippen LogP contribution >= 0.6 is 0 Å². The molecule has 122 valence electrons. The summed E-state index contributed by atoms with van der Waals surface area (Å²) in [6.07, 6.45) is 0. The number of rotatable bonds is 4. The fraction of sp³-hybridized carbons (Fsp3) is 0.211. The van der Waals surface area contributed by atoms with E-state index in [-0.39, 0.29) is 12.6 Å². The topological polar surface area (TPSA) is 55.2 Å². The second kappa shape index (κ2) is 10.6. The SMILES string of the molecule is [C-]#[N+]Cc1cccc(C(=O)OC)c1.[C-]#[N+]Cc1cccc(CO)c1. The Hall–Kier alpha value is -3.15. The van der Waals surface area contributed by atoms with E-state index in [4.69, 9.17) is 18.3 Å². The van der Waals surface area contributed by atoms with Crippen LogP contribution in [0, 0.1) is 13.1 Å². The maximum atomic E-state index is 11.1. The minimum atomic E-state index is -0.369. The molecule has 5 nitrogen and oxygen atoms in total. The Morgan fingerprint density at radius 3 is 2.08 bits per heavy atom. The number of carbonyl (C=O) groups excluding carboxylic acids is 1. The first-order valence-electron chi connectivity index (χ1n) is 7.17. The van der Waals surface area contributed by atoms with Gasteiger partial charge in [0.15, 0.2) is 0 Å². The van der Waals surface area contributed by atoms with Gasteiger partial charge in [0.05, 0.1) is 19.3 Å². The van der Waals surface area contributed by atoms with Crippen LogP contribution in [0.4, 0.5) is 0 Å². The van der Waals surface area contributed by atoms with Gasteiger partial charge >= 0.3 is 5.97 Å². The first-order chi connectivity index (χ1) is 11.6. The van der Waals surface area contributed by atoms with Crippen LogP contribution in [0.2, 0.25) is 0 Å². The fourth-order valence-corrected chi connectivity index (χ4v) is 1.92. The number of esters is 1. The Kier molecular flexibility index (Phi) is 8.31. The lowest BCUT2D eigenvalue weighted by molar-refractivity contribution is 0.0600. The number of benzene rings is 2. The molecule has 0 aliphatic rings. The molecule has 0 aliphatic carbocycles. The zero-order chi connectivity index (χ0) is 17.8. The van der Waals surface area contributed by atoms with E-state index in [0.717, 1.165) is 16.7 Å². The highest BCUT2D eigenvalue weighted by molar-refractivity contribution is 5.89. The first kappa shape index (κ1) is 18.9. The Balaban J connectivity index is 0.000000243. The number of nitrogens with zero attached hydrogens (tertiary/aromatic N) is 2. The van der Waals surface area contributed by atoms with Gasteiger partial charge in [0, 0.05) is 11.1 Å². The number of carbonyl (C=O) groups is 1. The molecule has 0 aromatic heterocycles. The summed E-state index contributed by atoms with van der Waals surface area (Å²) >= 11 is 0. The van der Waals surface area contributed by atoms with Crippen molar-refractivity contribution in [2.24, 2.45) is 0 Å². The Bertz CT molecular complexity index is 758. The molecule has 2 aromatic carbocycles. The average Bonchev–Trinajstić information content (AvgIpc) is 2.62. The largest absolute Gasteiger partial charge is 0.465 e. The molecule has 0 bridgehead atoms. The van der Waals surface area contributed by atoms with Gasteiger partial charge in [0.1, 0.15) is 0 Å². The smallest absolute Gasteiger partial charge is 0.337 e. The molecule has 5 heteroatoms. The van der Waals surface area contributed by atoms with E-state index in [2.05, 4.69) is 14.4 Å². The predicted molar refractivity (Wildman–Crippen MR) is 90.8 cm³/mol. The molecule has 0 aliphatic heterocycles. The molecule has 0 atom stereocenters. The van der Waals surface area contributed by atoms with Crippen LogP contribution in [0.3, 0.4) is 0 Å². The summed E-state index contributed by atoms with van der Waals surface area (Å²) in [5.74, 6) is -0.369. The molecular formula is C19H18N2O3. The van der Waals surface area contributed by atoms with Gasteiger partial charge in [-0.25, -0.2) is 17.9 Å². The molecule has 0 amide bonds. The number of ether oxygens (including phenoxy) is 1. The summed E-state index contributed by atoms with van der Waals surface area (Å²) in [5, 5.41) is 8.75. The summed E-state index contributed by atoms with van der Waals surface area (Å²) in [6, 6.07) is 14.3. The molecule has 2 rings (SSSR count). The lowest BCUT2D eigenvalue weighted by atomic mass is 10.1. The lowest BCUT2D eigenvalue weighted by Crippen LogP contribution is -2.01. The highest BCUT2D eigenvalue weighted by Crippen LogP contribution is 2.07. The van der Waals surface area contributed by atoms with E-state index in [1.54, 1.807) is 18.2 Å². The van der Waals surface area contributed by atoms with E-state index in [1.807, 2.05) is 30.3 Å². The van der Waals surface area contributed by atoms with Gasteiger partial charge in [-0.1, -0.05) is 30.3 Å². The predicted octanol–water partition coefficient (Wildman–Crippen LogP) is 3.49. The number of hydrogen-bond acceptors (Lipinski definition) is 3. The standard InChI is InChI=1S/C10H9NO2.C9H9NO/c1-11-7-8-4-3-5-9(6-8)10(12)13-2;1-10-6-8-3-2-4-9(5-8)7-11/h3-6H,7H2,2H3;2-5,11H,6-7H2. The number of aliphatic hydroxyl groups excluding tert-OH is 1. The van der Waals surface area contributed by atoms with Crippen LogP contribution < -0.4 is 0 Å². The first-order valence-corrected chi connectivity index (χ1v) is 7.17. The summed E-state index contributed by atoms with van der Waals surface area (Å²) in [6.45, 7) is 14.0. The van der Waals surface area contributed by atoms with Gasteiger partial charge < -0.3 is 19.5 Å². The van der Waals surface area contributed by atoms with Crippen molar-refractivity contribution in [1.82, 2.24) is 0 Å². The molecule has 0 spiro atoms. The van der Waals surface area contributed by atoms with Crippen molar-refractivity contribution in [3.05, 3.63) is 93.6 Å². The van der Waals surface area contributed by atoms with Gasteiger partial charge in [0.25, 0.3) is 0 Å². The molecule has 0 fully saturated rings. The van der Waals surface area contributed by atoms with Gasteiger partial charge in [-0.3, -0.25) is 0 Å². The van der Waals surface area contributed by atoms with Crippen LogP contribution in [-0.4, -0.2) is 18.2 Å². The quantitative estimate of drug-likeness (QED) is 0.692. The molecule has 0 heterocycles. The van der Waals surface area contributed by atoms with Crippen LogP contribution in [-0.2, 0) is 24.4 Å². The maximum Gasteiger partial charge on any atom is 0.337 e. The van der Waals surface area contributed by atoms with Gasteiger partial charge in [-0.15, -0.1) is 0 Å². The number of methoxy groups -OCH3 is 1. The van der Waals surface area contributed by atoms with Crippen molar-refractivity contribution in [3.8, 4) is 0 Å². The maximum absolute atomic E-state index is 11.1. The highest BCUT2D eigenvalue weighted by atomic mass is 16.5. The lowest BCUT2D eigenvalue weighted by Gasteiger charge is -1.98. The molecule has 2 aromatic rings. The zero-order valence-corrected chi connectivity index (χ0v) is 13.4. The normalized spacial score (nSPS) is 9.00. The number of aliphatic hydroxyl groups is 1. The van der Waals surface area contributed by atoms with E-state index in [0.29, 0.717) is 18.7 Å². The van der Waals surface area contributed by atoms with E-state index < -0.39 is 0 Å². The molecule has 0 radical (unpaired) electrons. The van der Waals surface area contributed by atoms with Crippen LogP contribution in [0.1, 0.15) is 27.0 Å². The van der Waals surface area contributed by atoms with Crippen molar-refractivity contribution in [1.29, 1.82) is 0 Å². The van der Waals surface area contributed by atoms with Gasteiger partial charge in [0.2, 0.25) is 13.1 Å². The minimum absolute atomic E-state index is 0.0475. The van der Waals surface area contributed by atoms with Crippen LogP contribution in [0.15, 0.2) is 48.5 Å². The Labute approximate surface area is 141 Å². The van der Waals surface area contributed by atoms with Crippen molar-refractivity contribution in [2.75, 3.05) is 7.11 Å². The second-order valence-corrected chi connectivity index (χ2v) is 4.80. The van der Waals surface area contributed by atoms with Crippen molar-refractivity contribution < 1.29 is 14.6 Å². The molecule has 0 saturated heterocycles. The van der Waals surface area contributed by atoms with Crippen molar-refractivity contribution >= 4 is 5.97 Å². The molecule has 0 unspecified atom stereocenters. The second-order valence-electron chi connectivity index (χ2n) is 4.80. The Morgan fingerprint density at radius 1 is 1.00 bits per heavy atom. The summed E-state index contributed by atoms with van der Waals surface area (Å²) in [7, 11) is 1.34. The molecular weight excluding hydrogens is 304 g/mol. The minimum Gasteiger partial charge on any atom is -0.465 e. The third-order valence-electron chi connectivity index (χ3n) is 3.05. The number of hydrogen-bond donors (Lipinski definition) is 1. The molecule has 1 N–H and O–H groups in total. The highest BCUT2D eigenvalue weighted by Gasteiger charge is 2.05. The van der Waals surface area contributed by atoms with Gasteiger partial charge in [-0.2, -0.15) is 0 Å². The molecule has 0 saturated carbocycles. The monoisotopic (exact) mass is 322 g/mol. The zero-order valence-electron chi connectivity index (χ0n) is 13.4. The third-order valence-corrected chi connectivity index (χ3v) is 3.05. The average molecular weight is 322 g/mol. The summed E-state index contributed by atoms with van der Waals surface area (Å²) in [5.41, 5.74) is 3.15. The van der Waals surface area contributed by atoms with E-state index >= 15 is 0 Å². The molecule has 24 heavy (non-hydrogen) atoms. The van der Waals surface area contributed by atoms with Crippen LogP contribution in [0.25, 0.3) is 9.69 Å².